The highest BCUT2D eigenvalue weighted by atomic mass is 32.2. The maximum absolute atomic E-state index is 10.8. The number of rotatable bonds is 4. The minimum atomic E-state index is -1.01. The molecule has 0 aliphatic rings. The number of aliphatic hydroxyl groups excluding tert-OH is 2. The van der Waals surface area contributed by atoms with Gasteiger partial charge in [-0.3, -0.25) is 4.79 Å². The summed E-state index contributed by atoms with van der Waals surface area (Å²) in [6, 6.07) is 5.29. The predicted octanol–water partition coefficient (Wildman–Crippen LogP) is 1.55. The molecule has 2 aromatic rings. The number of fused-ring (bicyclic) bond motifs is 1. The van der Waals surface area contributed by atoms with Gasteiger partial charge in [-0.15, -0.1) is 0 Å². The van der Waals surface area contributed by atoms with E-state index in [0.717, 1.165) is 28.6 Å². The first-order valence-corrected chi connectivity index (χ1v) is 6.91. The summed E-state index contributed by atoms with van der Waals surface area (Å²) in [5.74, 6) is 0.977. The standard InChI is InChI=1S/C13H16N2O3S/c1-7-14-10-4-3-9(5-11(10)15-7)13(18)12(17)6-19-8(2)16/h3-5,12-13,17-18H,6H2,1-2H3,(H,14,15). The van der Waals surface area contributed by atoms with E-state index in [-0.39, 0.29) is 10.9 Å². The second kappa shape index (κ2) is 5.73. The molecule has 0 fully saturated rings. The lowest BCUT2D eigenvalue weighted by Gasteiger charge is -2.17. The van der Waals surface area contributed by atoms with Crippen molar-refractivity contribution in [3.05, 3.63) is 29.6 Å². The molecule has 0 aliphatic heterocycles. The number of H-pyrrole nitrogens is 1. The summed E-state index contributed by atoms with van der Waals surface area (Å²) >= 11 is 1.00. The molecule has 102 valence electrons. The fraction of sp³-hybridized carbons (Fsp3) is 0.385. The van der Waals surface area contributed by atoms with E-state index in [0.29, 0.717) is 5.56 Å². The van der Waals surface area contributed by atoms with Gasteiger partial charge in [0.2, 0.25) is 0 Å². The van der Waals surface area contributed by atoms with E-state index in [1.54, 1.807) is 18.2 Å². The van der Waals surface area contributed by atoms with Gasteiger partial charge in [0.1, 0.15) is 11.9 Å². The van der Waals surface area contributed by atoms with Gasteiger partial charge < -0.3 is 15.2 Å². The van der Waals surface area contributed by atoms with Crippen LogP contribution in [0.4, 0.5) is 0 Å². The van der Waals surface area contributed by atoms with Crippen LogP contribution in [0.1, 0.15) is 24.4 Å². The lowest BCUT2D eigenvalue weighted by molar-refractivity contribution is -0.109. The Morgan fingerprint density at radius 1 is 1.47 bits per heavy atom. The number of aromatic nitrogens is 2. The highest BCUT2D eigenvalue weighted by molar-refractivity contribution is 8.13. The molecule has 0 aliphatic carbocycles. The fourth-order valence-electron chi connectivity index (χ4n) is 1.85. The molecule has 2 rings (SSSR count). The first-order valence-electron chi connectivity index (χ1n) is 5.93. The number of aromatic amines is 1. The Hall–Kier alpha value is -1.37. The summed E-state index contributed by atoms with van der Waals surface area (Å²) in [6.07, 6.45) is -1.99. The highest BCUT2D eigenvalue weighted by Crippen LogP contribution is 2.23. The summed E-state index contributed by atoms with van der Waals surface area (Å²) in [6.45, 7) is 3.29. The summed E-state index contributed by atoms with van der Waals surface area (Å²) < 4.78 is 0. The van der Waals surface area contributed by atoms with Gasteiger partial charge in [0.05, 0.1) is 17.1 Å². The van der Waals surface area contributed by atoms with Crippen LogP contribution < -0.4 is 0 Å². The number of aryl methyl sites for hydroxylation is 1. The molecule has 1 heterocycles. The monoisotopic (exact) mass is 280 g/mol. The van der Waals surface area contributed by atoms with E-state index in [9.17, 15) is 15.0 Å². The number of hydrogen-bond acceptors (Lipinski definition) is 5. The Balaban J connectivity index is 2.15. The highest BCUT2D eigenvalue weighted by Gasteiger charge is 2.19. The minimum Gasteiger partial charge on any atom is -0.389 e. The smallest absolute Gasteiger partial charge is 0.185 e. The Morgan fingerprint density at radius 2 is 2.21 bits per heavy atom. The molecule has 6 heteroatoms. The average Bonchev–Trinajstić information content (AvgIpc) is 2.73. The molecular weight excluding hydrogens is 264 g/mol. The van der Waals surface area contributed by atoms with Gasteiger partial charge >= 0.3 is 0 Å². The van der Waals surface area contributed by atoms with Gasteiger partial charge in [0, 0.05) is 12.7 Å². The van der Waals surface area contributed by atoms with E-state index in [1.807, 2.05) is 6.92 Å². The third-order valence-electron chi connectivity index (χ3n) is 2.79. The van der Waals surface area contributed by atoms with E-state index >= 15 is 0 Å². The van der Waals surface area contributed by atoms with Gasteiger partial charge in [0.15, 0.2) is 5.12 Å². The molecule has 0 radical (unpaired) electrons. The molecule has 1 aromatic carbocycles. The molecule has 5 nitrogen and oxygen atoms in total. The Kier molecular flexibility index (Phi) is 4.24. The number of hydrogen-bond donors (Lipinski definition) is 3. The minimum absolute atomic E-state index is 0.0779. The first kappa shape index (κ1) is 14.0. The van der Waals surface area contributed by atoms with Gasteiger partial charge in [-0.1, -0.05) is 17.8 Å². The zero-order chi connectivity index (χ0) is 14.0. The van der Waals surface area contributed by atoms with Crippen LogP contribution in [-0.2, 0) is 4.79 Å². The lowest BCUT2D eigenvalue weighted by atomic mass is 10.0. The van der Waals surface area contributed by atoms with Crippen LogP contribution in [0, 0.1) is 6.92 Å². The third-order valence-corrected chi connectivity index (χ3v) is 3.70. The molecule has 0 amide bonds. The van der Waals surface area contributed by atoms with Gasteiger partial charge in [-0.2, -0.15) is 0 Å². The van der Waals surface area contributed by atoms with Crippen LogP contribution in [0.25, 0.3) is 11.0 Å². The zero-order valence-corrected chi connectivity index (χ0v) is 11.6. The number of imidazole rings is 1. The van der Waals surface area contributed by atoms with Crippen molar-refractivity contribution < 1.29 is 15.0 Å². The van der Waals surface area contributed by atoms with E-state index in [4.69, 9.17) is 0 Å². The molecule has 19 heavy (non-hydrogen) atoms. The maximum Gasteiger partial charge on any atom is 0.185 e. The van der Waals surface area contributed by atoms with Crippen LogP contribution in [-0.4, -0.2) is 37.2 Å². The Bertz CT molecular complexity index is 597. The molecule has 0 saturated carbocycles. The van der Waals surface area contributed by atoms with Crippen molar-refractivity contribution in [1.29, 1.82) is 0 Å². The summed E-state index contributed by atoms with van der Waals surface area (Å²) in [7, 11) is 0. The SMILES string of the molecule is CC(=O)SCC(O)C(O)c1ccc2nc(C)[nH]c2c1. The number of nitrogens with one attached hydrogen (secondary N) is 1. The van der Waals surface area contributed by atoms with Gasteiger partial charge in [-0.05, 0) is 24.6 Å². The molecule has 3 N–H and O–H groups in total. The van der Waals surface area contributed by atoms with Crippen molar-refractivity contribution in [2.75, 3.05) is 5.75 Å². The quantitative estimate of drug-likeness (QED) is 0.791. The zero-order valence-electron chi connectivity index (χ0n) is 10.8. The van der Waals surface area contributed by atoms with Crippen LogP contribution in [0.3, 0.4) is 0 Å². The molecule has 0 saturated heterocycles. The fourth-order valence-corrected chi connectivity index (χ4v) is 2.44. The van der Waals surface area contributed by atoms with Crippen molar-refractivity contribution in [2.45, 2.75) is 26.1 Å². The largest absolute Gasteiger partial charge is 0.389 e. The Morgan fingerprint density at radius 3 is 2.89 bits per heavy atom. The van der Waals surface area contributed by atoms with Crippen LogP contribution >= 0.6 is 11.8 Å². The second-order valence-corrected chi connectivity index (χ2v) is 5.61. The predicted molar refractivity (Wildman–Crippen MR) is 74.9 cm³/mol. The molecule has 2 atom stereocenters. The normalized spacial score (nSPS) is 14.5. The first-order chi connectivity index (χ1) is 8.97. The summed E-state index contributed by atoms with van der Waals surface area (Å²) in [4.78, 5) is 18.2. The number of aliphatic hydroxyl groups is 2. The van der Waals surface area contributed by atoms with Gasteiger partial charge in [0.25, 0.3) is 0 Å². The Labute approximate surface area is 115 Å². The molecule has 0 bridgehead atoms. The van der Waals surface area contributed by atoms with Crippen molar-refractivity contribution in [1.82, 2.24) is 9.97 Å². The van der Waals surface area contributed by atoms with E-state index < -0.39 is 12.2 Å². The van der Waals surface area contributed by atoms with Crippen LogP contribution in [0.15, 0.2) is 18.2 Å². The van der Waals surface area contributed by atoms with Gasteiger partial charge in [-0.25, -0.2) is 4.98 Å². The number of nitrogens with zero attached hydrogens (tertiary/aromatic N) is 1. The van der Waals surface area contributed by atoms with Crippen molar-refractivity contribution in [3.63, 3.8) is 0 Å². The molecule has 0 spiro atoms. The molecule has 2 unspecified atom stereocenters. The van der Waals surface area contributed by atoms with Crippen LogP contribution in [0.5, 0.6) is 0 Å². The van der Waals surface area contributed by atoms with Crippen molar-refractivity contribution >= 4 is 27.9 Å². The number of benzene rings is 1. The van der Waals surface area contributed by atoms with E-state index in [2.05, 4.69) is 9.97 Å². The number of carbonyl (C=O) groups excluding carboxylic acids is 1. The lowest BCUT2D eigenvalue weighted by Crippen LogP contribution is -2.21. The number of carbonyl (C=O) groups is 1. The second-order valence-electron chi connectivity index (χ2n) is 4.41. The molecule has 1 aromatic heterocycles. The molecular formula is C13H16N2O3S. The van der Waals surface area contributed by atoms with Crippen molar-refractivity contribution in [3.8, 4) is 0 Å². The summed E-state index contributed by atoms with van der Waals surface area (Å²) in [5.41, 5.74) is 2.24. The number of thioether (sulfide) groups is 1. The van der Waals surface area contributed by atoms with Crippen molar-refractivity contribution in [2.24, 2.45) is 0 Å². The van der Waals surface area contributed by atoms with Crippen LogP contribution in [0.2, 0.25) is 0 Å². The maximum atomic E-state index is 10.8. The van der Waals surface area contributed by atoms with E-state index in [1.165, 1.54) is 6.92 Å². The average molecular weight is 280 g/mol. The topological polar surface area (TPSA) is 86.2 Å². The summed E-state index contributed by atoms with van der Waals surface area (Å²) in [5, 5.41) is 19.8. The third kappa shape index (κ3) is 3.34.